The van der Waals surface area contributed by atoms with Crippen LogP contribution in [0.15, 0.2) is 0 Å². The van der Waals surface area contributed by atoms with Crippen molar-refractivity contribution in [3.8, 4) is 0 Å². The monoisotopic (exact) mass is 205 g/mol. The van der Waals surface area contributed by atoms with Gasteiger partial charge < -0.3 is 5.32 Å². The van der Waals surface area contributed by atoms with Crippen LogP contribution in [0.5, 0.6) is 0 Å². The maximum atomic E-state index is 12.2. The Hall–Kier alpha value is 0.0300. The van der Waals surface area contributed by atoms with Crippen molar-refractivity contribution in [3.63, 3.8) is 0 Å². The molecule has 0 bridgehead atoms. The van der Waals surface area contributed by atoms with E-state index in [2.05, 4.69) is 5.32 Å². The lowest BCUT2D eigenvalue weighted by Gasteiger charge is -2.15. The van der Waals surface area contributed by atoms with Crippen LogP contribution < -0.4 is 5.32 Å². The molecule has 0 saturated heterocycles. The quantitative estimate of drug-likeness (QED) is 0.524. The van der Waals surface area contributed by atoms with Gasteiger partial charge in [-0.2, -0.15) is 20.5 Å². The standard InChI is InChI=1S/C6H11F4NS/c1-12-3-2-11-4-6(9,10)5(7)8/h5,11H,2-4H2,1H3. The molecule has 0 fully saturated rings. The number of hydrogen-bond acceptors (Lipinski definition) is 2. The lowest BCUT2D eigenvalue weighted by atomic mass is 10.3. The van der Waals surface area contributed by atoms with Gasteiger partial charge in [-0.1, -0.05) is 0 Å². The highest BCUT2D eigenvalue weighted by molar-refractivity contribution is 7.98. The second-order valence-electron chi connectivity index (χ2n) is 2.23. The molecule has 0 aromatic heterocycles. The molecule has 0 saturated carbocycles. The molecule has 6 heteroatoms. The van der Waals surface area contributed by atoms with E-state index < -0.39 is 18.9 Å². The second kappa shape index (κ2) is 5.64. The fourth-order valence-electron chi connectivity index (χ4n) is 0.506. The van der Waals surface area contributed by atoms with E-state index >= 15 is 0 Å². The highest BCUT2D eigenvalue weighted by Gasteiger charge is 2.39. The van der Waals surface area contributed by atoms with Crippen LogP contribution in [0.4, 0.5) is 17.6 Å². The van der Waals surface area contributed by atoms with Gasteiger partial charge in [0.05, 0.1) is 6.54 Å². The molecule has 0 amide bonds. The molecule has 0 aliphatic rings. The summed E-state index contributed by atoms with van der Waals surface area (Å²) in [6.45, 7) is -0.630. The van der Waals surface area contributed by atoms with Gasteiger partial charge >= 0.3 is 12.3 Å². The van der Waals surface area contributed by atoms with E-state index in [9.17, 15) is 17.6 Å². The van der Waals surface area contributed by atoms with Crippen molar-refractivity contribution in [1.29, 1.82) is 0 Å². The number of nitrogens with one attached hydrogen (secondary N) is 1. The third kappa shape index (κ3) is 4.82. The van der Waals surface area contributed by atoms with Gasteiger partial charge in [0.15, 0.2) is 0 Å². The van der Waals surface area contributed by atoms with Crippen molar-refractivity contribution in [2.75, 3.05) is 25.1 Å². The fourth-order valence-corrected chi connectivity index (χ4v) is 0.855. The van der Waals surface area contributed by atoms with E-state index in [-0.39, 0.29) is 0 Å². The SMILES string of the molecule is CSCCNCC(F)(F)C(F)F. The zero-order valence-electron chi connectivity index (χ0n) is 6.62. The molecular weight excluding hydrogens is 194 g/mol. The highest BCUT2D eigenvalue weighted by Crippen LogP contribution is 2.21. The molecule has 0 heterocycles. The first kappa shape index (κ1) is 12.0. The van der Waals surface area contributed by atoms with Gasteiger partial charge in [-0.05, 0) is 6.26 Å². The Morgan fingerprint density at radius 3 is 2.42 bits per heavy atom. The van der Waals surface area contributed by atoms with E-state index in [0.29, 0.717) is 12.3 Å². The minimum Gasteiger partial charge on any atom is -0.310 e. The van der Waals surface area contributed by atoms with Crippen molar-refractivity contribution in [3.05, 3.63) is 0 Å². The summed E-state index contributed by atoms with van der Waals surface area (Å²) in [5.41, 5.74) is 0. The molecule has 0 unspecified atom stereocenters. The lowest BCUT2D eigenvalue weighted by Crippen LogP contribution is -2.39. The Balaban J connectivity index is 3.47. The molecule has 0 rings (SSSR count). The maximum absolute atomic E-state index is 12.2. The van der Waals surface area contributed by atoms with Crippen molar-refractivity contribution in [1.82, 2.24) is 5.32 Å². The third-order valence-corrected chi connectivity index (χ3v) is 1.78. The first-order chi connectivity index (χ1) is 5.50. The molecule has 0 aromatic carbocycles. The number of hydrogen-bond donors (Lipinski definition) is 1. The summed E-state index contributed by atoms with van der Waals surface area (Å²) in [6, 6.07) is 0. The minimum atomic E-state index is -3.90. The summed E-state index contributed by atoms with van der Waals surface area (Å²) in [6.07, 6.45) is -1.77. The molecule has 1 N–H and O–H groups in total. The highest BCUT2D eigenvalue weighted by atomic mass is 32.2. The van der Waals surface area contributed by atoms with Gasteiger partial charge in [0.1, 0.15) is 0 Å². The van der Waals surface area contributed by atoms with E-state index in [1.165, 1.54) is 11.8 Å². The molecule has 0 radical (unpaired) electrons. The summed E-state index contributed by atoms with van der Waals surface area (Å²) in [4.78, 5) is 0. The summed E-state index contributed by atoms with van der Waals surface area (Å²) in [5, 5.41) is 2.26. The topological polar surface area (TPSA) is 12.0 Å². The number of halogens is 4. The molecule has 0 aliphatic carbocycles. The third-order valence-electron chi connectivity index (χ3n) is 1.16. The van der Waals surface area contributed by atoms with E-state index in [1.807, 2.05) is 6.26 Å². The van der Waals surface area contributed by atoms with Crippen molar-refractivity contribution >= 4 is 11.8 Å². The zero-order chi connectivity index (χ0) is 9.61. The van der Waals surface area contributed by atoms with E-state index in [0.717, 1.165) is 0 Å². The van der Waals surface area contributed by atoms with Crippen LogP contribution in [0.1, 0.15) is 0 Å². The fraction of sp³-hybridized carbons (Fsp3) is 1.00. The number of alkyl halides is 4. The average molecular weight is 205 g/mol. The first-order valence-electron chi connectivity index (χ1n) is 3.36. The summed E-state index contributed by atoms with van der Waals surface area (Å²) >= 11 is 1.47. The lowest BCUT2D eigenvalue weighted by molar-refractivity contribution is -0.124. The molecule has 0 atom stereocenters. The Morgan fingerprint density at radius 1 is 1.42 bits per heavy atom. The van der Waals surface area contributed by atoms with Crippen molar-refractivity contribution < 1.29 is 17.6 Å². The minimum absolute atomic E-state index is 0.323. The molecule has 1 nitrogen and oxygen atoms in total. The Bertz CT molecular complexity index is 120. The first-order valence-corrected chi connectivity index (χ1v) is 4.75. The molecule has 0 spiro atoms. The number of rotatable bonds is 6. The van der Waals surface area contributed by atoms with Gasteiger partial charge in [-0.25, -0.2) is 8.78 Å². The van der Waals surface area contributed by atoms with Crippen LogP contribution in [0.2, 0.25) is 0 Å². The van der Waals surface area contributed by atoms with Crippen LogP contribution in [0, 0.1) is 0 Å². The molecule has 0 aromatic rings. The Morgan fingerprint density at radius 2 is 2.00 bits per heavy atom. The van der Waals surface area contributed by atoms with Gasteiger partial charge in [0.2, 0.25) is 0 Å². The largest absolute Gasteiger partial charge is 0.319 e. The van der Waals surface area contributed by atoms with Gasteiger partial charge in [0, 0.05) is 12.3 Å². The summed E-state index contributed by atoms with van der Waals surface area (Å²) < 4.78 is 47.4. The molecule has 12 heavy (non-hydrogen) atoms. The van der Waals surface area contributed by atoms with Gasteiger partial charge in [-0.15, -0.1) is 0 Å². The number of thioether (sulfide) groups is 1. The molecule has 0 aliphatic heterocycles. The Kier molecular flexibility index (Phi) is 5.65. The van der Waals surface area contributed by atoms with Gasteiger partial charge in [-0.3, -0.25) is 0 Å². The summed E-state index contributed by atoms with van der Waals surface area (Å²) in [5.74, 6) is -3.27. The van der Waals surface area contributed by atoms with Crippen LogP contribution in [-0.4, -0.2) is 37.4 Å². The normalized spacial score (nSPS) is 12.5. The predicted octanol–water partition coefficient (Wildman–Crippen LogP) is 1.84. The molecule has 74 valence electrons. The average Bonchev–Trinajstić information content (AvgIpc) is 1.98. The van der Waals surface area contributed by atoms with Crippen LogP contribution in [0.3, 0.4) is 0 Å². The van der Waals surface area contributed by atoms with Crippen LogP contribution in [0.25, 0.3) is 0 Å². The van der Waals surface area contributed by atoms with Crippen LogP contribution >= 0.6 is 11.8 Å². The summed E-state index contributed by atoms with van der Waals surface area (Å²) in [7, 11) is 0. The predicted molar refractivity (Wildman–Crippen MR) is 42.2 cm³/mol. The van der Waals surface area contributed by atoms with E-state index in [1.54, 1.807) is 0 Å². The maximum Gasteiger partial charge on any atom is 0.319 e. The van der Waals surface area contributed by atoms with Gasteiger partial charge in [0.25, 0.3) is 0 Å². The molecular formula is C6H11F4NS. The van der Waals surface area contributed by atoms with Crippen molar-refractivity contribution in [2.45, 2.75) is 12.3 Å². The van der Waals surface area contributed by atoms with Crippen molar-refractivity contribution in [2.24, 2.45) is 0 Å². The smallest absolute Gasteiger partial charge is 0.310 e. The zero-order valence-corrected chi connectivity index (χ0v) is 7.44. The second-order valence-corrected chi connectivity index (χ2v) is 3.22. The van der Waals surface area contributed by atoms with E-state index in [4.69, 9.17) is 0 Å². The Labute approximate surface area is 72.9 Å². The van der Waals surface area contributed by atoms with Crippen LogP contribution in [-0.2, 0) is 0 Å².